The van der Waals surface area contributed by atoms with Crippen LogP contribution in [0.15, 0.2) is 48.9 Å². The van der Waals surface area contributed by atoms with E-state index in [1.165, 1.54) is 0 Å². The van der Waals surface area contributed by atoms with Crippen molar-refractivity contribution in [3.63, 3.8) is 0 Å². The Balaban J connectivity index is 1.51. The van der Waals surface area contributed by atoms with Crippen molar-refractivity contribution >= 4 is 17.5 Å². The number of hydrogen-bond acceptors (Lipinski definition) is 7. The van der Waals surface area contributed by atoms with E-state index in [0.29, 0.717) is 24.4 Å². The van der Waals surface area contributed by atoms with Crippen LogP contribution in [-0.4, -0.2) is 48.5 Å². The van der Waals surface area contributed by atoms with E-state index < -0.39 is 0 Å². The minimum atomic E-state index is 0.159. The van der Waals surface area contributed by atoms with Gasteiger partial charge >= 0.3 is 0 Å². The molecule has 1 aliphatic rings. The molecule has 9 heteroatoms. The monoisotopic (exact) mass is 417 g/mol. The molecule has 0 radical (unpaired) electrons. The van der Waals surface area contributed by atoms with E-state index in [2.05, 4.69) is 46.4 Å². The second-order valence-electron chi connectivity index (χ2n) is 8.26. The average molecular weight is 418 g/mol. The summed E-state index contributed by atoms with van der Waals surface area (Å²) in [5, 5.41) is 12.4. The van der Waals surface area contributed by atoms with Crippen LogP contribution in [0.2, 0.25) is 0 Å². The molecule has 160 valence electrons. The van der Waals surface area contributed by atoms with Crippen LogP contribution in [0, 0.1) is 0 Å². The summed E-state index contributed by atoms with van der Waals surface area (Å²) in [6.07, 6.45) is 6.56. The molecule has 4 aromatic rings. The predicted octanol–water partition coefficient (Wildman–Crippen LogP) is 2.58. The number of rotatable bonds is 6. The molecule has 3 N–H and O–H groups in total. The van der Waals surface area contributed by atoms with E-state index >= 15 is 0 Å². The second kappa shape index (κ2) is 7.99. The van der Waals surface area contributed by atoms with Crippen molar-refractivity contribution in [3.05, 3.63) is 60.0 Å². The highest BCUT2D eigenvalue weighted by atomic mass is 15.4. The van der Waals surface area contributed by atoms with Crippen molar-refractivity contribution in [2.24, 2.45) is 5.73 Å². The number of nitrogens with one attached hydrogen (secondary N) is 1. The SMILES string of the molecule is CC(C)c1cnn2c(NCc3ccccc3-n3cccn3)nc(N3CCC(N)C3)nc12. The molecule has 0 spiro atoms. The van der Waals surface area contributed by atoms with Crippen molar-refractivity contribution in [1.29, 1.82) is 0 Å². The van der Waals surface area contributed by atoms with Crippen molar-refractivity contribution in [3.8, 4) is 5.69 Å². The molecule has 5 rings (SSSR count). The first-order chi connectivity index (χ1) is 15.1. The van der Waals surface area contributed by atoms with Crippen LogP contribution >= 0.6 is 0 Å². The highest BCUT2D eigenvalue weighted by Crippen LogP contribution is 2.25. The summed E-state index contributed by atoms with van der Waals surface area (Å²) in [5.41, 5.74) is 10.2. The minimum Gasteiger partial charge on any atom is -0.350 e. The first-order valence-electron chi connectivity index (χ1n) is 10.7. The fourth-order valence-electron chi connectivity index (χ4n) is 3.98. The number of benzene rings is 1. The molecule has 0 bridgehead atoms. The lowest BCUT2D eigenvalue weighted by molar-refractivity contribution is 0.749. The summed E-state index contributed by atoms with van der Waals surface area (Å²) in [6.45, 7) is 6.51. The van der Waals surface area contributed by atoms with Crippen LogP contribution in [0.1, 0.15) is 37.3 Å². The largest absolute Gasteiger partial charge is 0.350 e. The topological polar surface area (TPSA) is 102 Å². The molecule has 4 heterocycles. The quantitative estimate of drug-likeness (QED) is 0.497. The van der Waals surface area contributed by atoms with Crippen LogP contribution in [0.4, 0.5) is 11.9 Å². The first kappa shape index (κ1) is 19.5. The fraction of sp³-hybridized carbons (Fsp3) is 0.364. The summed E-state index contributed by atoms with van der Waals surface area (Å²) in [4.78, 5) is 11.8. The maximum atomic E-state index is 6.13. The highest BCUT2D eigenvalue weighted by molar-refractivity contribution is 5.57. The summed E-state index contributed by atoms with van der Waals surface area (Å²) >= 11 is 0. The van der Waals surface area contributed by atoms with E-state index in [-0.39, 0.29) is 6.04 Å². The van der Waals surface area contributed by atoms with E-state index in [0.717, 1.165) is 42.0 Å². The third-order valence-corrected chi connectivity index (χ3v) is 5.69. The van der Waals surface area contributed by atoms with Crippen LogP contribution in [0.25, 0.3) is 11.3 Å². The molecule has 0 aliphatic carbocycles. The molecule has 1 aromatic carbocycles. The predicted molar refractivity (Wildman–Crippen MR) is 121 cm³/mol. The maximum absolute atomic E-state index is 6.13. The minimum absolute atomic E-state index is 0.159. The van der Waals surface area contributed by atoms with E-state index in [9.17, 15) is 0 Å². The first-order valence-corrected chi connectivity index (χ1v) is 10.7. The standard InChI is InChI=1S/C22H27N9/c1-15(2)18-13-26-31-20(18)27-22(29-11-8-17(23)14-29)28-21(31)24-12-16-6-3-4-7-19(16)30-10-5-9-25-30/h3-7,9-10,13,15,17H,8,11-12,14,23H2,1-2H3,(H,24,27,28). The highest BCUT2D eigenvalue weighted by Gasteiger charge is 2.24. The van der Waals surface area contributed by atoms with Gasteiger partial charge in [0.05, 0.1) is 11.9 Å². The molecule has 0 amide bonds. The van der Waals surface area contributed by atoms with E-state index in [1.807, 2.05) is 35.3 Å². The molecular weight excluding hydrogens is 390 g/mol. The van der Waals surface area contributed by atoms with Crippen molar-refractivity contribution < 1.29 is 0 Å². The van der Waals surface area contributed by atoms with Crippen LogP contribution in [-0.2, 0) is 6.54 Å². The number of para-hydroxylation sites is 1. The van der Waals surface area contributed by atoms with Gasteiger partial charge in [-0.15, -0.1) is 0 Å². The van der Waals surface area contributed by atoms with Crippen LogP contribution in [0.3, 0.4) is 0 Å². The summed E-state index contributed by atoms with van der Waals surface area (Å²) in [6, 6.07) is 10.3. The van der Waals surface area contributed by atoms with Gasteiger partial charge in [0.2, 0.25) is 11.9 Å². The Bertz CT molecular complexity index is 1180. The summed E-state index contributed by atoms with van der Waals surface area (Å²) < 4.78 is 3.67. The van der Waals surface area contributed by atoms with Gasteiger partial charge in [-0.2, -0.15) is 24.7 Å². The zero-order valence-electron chi connectivity index (χ0n) is 17.8. The van der Waals surface area contributed by atoms with E-state index in [1.54, 1.807) is 10.7 Å². The Morgan fingerprint density at radius 1 is 1.16 bits per heavy atom. The van der Waals surface area contributed by atoms with Gasteiger partial charge < -0.3 is 16.0 Å². The number of hydrogen-bond donors (Lipinski definition) is 2. The van der Waals surface area contributed by atoms with Crippen molar-refractivity contribution in [2.75, 3.05) is 23.3 Å². The lowest BCUT2D eigenvalue weighted by Crippen LogP contribution is -2.28. The summed E-state index contributed by atoms with van der Waals surface area (Å²) in [5.74, 6) is 1.68. The van der Waals surface area contributed by atoms with Gasteiger partial charge in [0.15, 0.2) is 5.65 Å². The number of anilines is 2. The van der Waals surface area contributed by atoms with Gasteiger partial charge in [-0.1, -0.05) is 32.0 Å². The van der Waals surface area contributed by atoms with Gasteiger partial charge in [0, 0.05) is 43.6 Å². The molecule has 31 heavy (non-hydrogen) atoms. The number of aromatic nitrogens is 6. The molecule has 3 aromatic heterocycles. The van der Waals surface area contributed by atoms with Gasteiger partial charge in [-0.05, 0) is 30.0 Å². The zero-order valence-corrected chi connectivity index (χ0v) is 17.8. The smallest absolute Gasteiger partial charge is 0.230 e. The Morgan fingerprint density at radius 2 is 2.03 bits per heavy atom. The Labute approximate surface area is 180 Å². The molecule has 1 aliphatic heterocycles. The van der Waals surface area contributed by atoms with Gasteiger partial charge in [-0.3, -0.25) is 0 Å². The van der Waals surface area contributed by atoms with Gasteiger partial charge in [-0.25, -0.2) is 4.68 Å². The van der Waals surface area contributed by atoms with E-state index in [4.69, 9.17) is 15.7 Å². The lowest BCUT2D eigenvalue weighted by Gasteiger charge is -2.18. The molecule has 9 nitrogen and oxygen atoms in total. The lowest BCUT2D eigenvalue weighted by atomic mass is 10.1. The Hall–Kier alpha value is -3.46. The number of fused-ring (bicyclic) bond motifs is 1. The Morgan fingerprint density at radius 3 is 2.77 bits per heavy atom. The molecular formula is C22H27N9. The molecule has 1 unspecified atom stereocenters. The third-order valence-electron chi connectivity index (χ3n) is 5.69. The van der Waals surface area contributed by atoms with Crippen LogP contribution in [0.5, 0.6) is 0 Å². The molecule has 1 fully saturated rings. The zero-order chi connectivity index (χ0) is 21.4. The molecule has 0 saturated carbocycles. The number of nitrogens with two attached hydrogens (primary N) is 1. The second-order valence-corrected chi connectivity index (χ2v) is 8.26. The molecule has 1 saturated heterocycles. The van der Waals surface area contributed by atoms with Gasteiger partial charge in [0.1, 0.15) is 0 Å². The van der Waals surface area contributed by atoms with Crippen molar-refractivity contribution in [1.82, 2.24) is 29.4 Å². The number of nitrogens with zero attached hydrogens (tertiary/aromatic N) is 7. The normalized spacial score (nSPS) is 16.5. The van der Waals surface area contributed by atoms with Crippen molar-refractivity contribution in [2.45, 2.75) is 38.8 Å². The maximum Gasteiger partial charge on any atom is 0.230 e. The Kier molecular flexibility index (Phi) is 5.03. The third kappa shape index (κ3) is 3.72. The molecule has 1 atom stereocenters. The van der Waals surface area contributed by atoms with Gasteiger partial charge in [0.25, 0.3) is 0 Å². The average Bonchev–Trinajstić information content (AvgIpc) is 3.52. The summed E-state index contributed by atoms with van der Waals surface area (Å²) in [7, 11) is 0. The fourth-order valence-corrected chi connectivity index (χ4v) is 3.98. The van der Waals surface area contributed by atoms with Crippen LogP contribution < -0.4 is 16.0 Å².